The summed E-state index contributed by atoms with van der Waals surface area (Å²) in [6, 6.07) is -0.571. The number of carbonyl (C=O) groups excluding carboxylic acids is 2. The van der Waals surface area contributed by atoms with Crippen LogP contribution in [0.15, 0.2) is 0 Å². The second-order valence-corrected chi connectivity index (χ2v) is 4.71. The Bertz CT molecular complexity index is 308. The number of hydrogen-bond donors (Lipinski definition) is 1. The van der Waals surface area contributed by atoms with E-state index in [1.165, 1.54) is 6.92 Å². The van der Waals surface area contributed by atoms with E-state index in [0.717, 1.165) is 0 Å². The highest BCUT2D eigenvalue weighted by atomic mass is 16.5. The number of carbonyl (C=O) groups is 2. The quantitative estimate of drug-likeness (QED) is 0.606. The number of rotatable bonds is 7. The Morgan fingerprint density at radius 3 is 2.11 bits per heavy atom. The molecular weight excluding hydrogens is 238 g/mol. The highest BCUT2D eigenvalue weighted by Crippen LogP contribution is 2.27. The SMILES string of the molecule is COCCN(CCOC)C1CC(C)(O)C(=O)C1=O. The lowest BCUT2D eigenvalue weighted by atomic mass is 10.0. The van der Waals surface area contributed by atoms with Gasteiger partial charge in [-0.05, 0) is 6.92 Å². The summed E-state index contributed by atoms with van der Waals surface area (Å²) in [5.74, 6) is -1.22. The molecule has 0 heterocycles. The maximum Gasteiger partial charge on any atom is 0.231 e. The lowest BCUT2D eigenvalue weighted by molar-refractivity contribution is -0.142. The van der Waals surface area contributed by atoms with Gasteiger partial charge in [0.15, 0.2) is 0 Å². The zero-order chi connectivity index (χ0) is 13.8. The van der Waals surface area contributed by atoms with Crippen molar-refractivity contribution in [2.75, 3.05) is 40.5 Å². The predicted octanol–water partition coefficient (Wildman–Crippen LogP) is -0.757. The zero-order valence-electron chi connectivity index (χ0n) is 11.1. The molecule has 0 aromatic rings. The van der Waals surface area contributed by atoms with Crippen molar-refractivity contribution >= 4 is 11.6 Å². The zero-order valence-corrected chi connectivity index (χ0v) is 11.1. The number of methoxy groups -OCH3 is 2. The van der Waals surface area contributed by atoms with Crippen LogP contribution in [0.5, 0.6) is 0 Å². The van der Waals surface area contributed by atoms with Gasteiger partial charge in [0, 0.05) is 33.7 Å². The van der Waals surface area contributed by atoms with E-state index in [0.29, 0.717) is 26.3 Å². The van der Waals surface area contributed by atoms with Crippen molar-refractivity contribution in [2.24, 2.45) is 0 Å². The summed E-state index contributed by atoms with van der Waals surface area (Å²) in [5, 5.41) is 9.84. The summed E-state index contributed by atoms with van der Waals surface area (Å²) in [5.41, 5.74) is -1.54. The Kier molecular flexibility index (Phi) is 5.40. The number of ether oxygens (including phenoxy) is 2. The van der Waals surface area contributed by atoms with Crippen LogP contribution in [-0.2, 0) is 19.1 Å². The molecule has 1 aliphatic rings. The molecule has 0 amide bonds. The molecule has 1 N–H and O–H groups in total. The third kappa shape index (κ3) is 3.35. The van der Waals surface area contributed by atoms with Gasteiger partial charge in [-0.2, -0.15) is 0 Å². The summed E-state index contributed by atoms with van der Waals surface area (Å²) >= 11 is 0. The number of ketones is 2. The van der Waals surface area contributed by atoms with Gasteiger partial charge in [0.1, 0.15) is 5.60 Å². The molecule has 1 saturated carbocycles. The molecule has 0 radical (unpaired) electrons. The average Bonchev–Trinajstić information content (AvgIpc) is 2.53. The van der Waals surface area contributed by atoms with Gasteiger partial charge in [-0.3, -0.25) is 14.5 Å². The van der Waals surface area contributed by atoms with E-state index in [-0.39, 0.29) is 6.42 Å². The van der Waals surface area contributed by atoms with Crippen molar-refractivity contribution < 1.29 is 24.2 Å². The minimum absolute atomic E-state index is 0.137. The first-order valence-electron chi connectivity index (χ1n) is 5.97. The third-order valence-corrected chi connectivity index (χ3v) is 3.21. The predicted molar refractivity (Wildman–Crippen MR) is 64.4 cm³/mol. The van der Waals surface area contributed by atoms with Gasteiger partial charge in [-0.25, -0.2) is 0 Å². The average molecular weight is 259 g/mol. The van der Waals surface area contributed by atoms with E-state index in [1.54, 1.807) is 14.2 Å². The van der Waals surface area contributed by atoms with E-state index in [9.17, 15) is 14.7 Å². The van der Waals surface area contributed by atoms with Crippen molar-refractivity contribution in [2.45, 2.75) is 25.0 Å². The molecule has 1 aliphatic carbocycles. The smallest absolute Gasteiger partial charge is 0.231 e. The number of aliphatic hydroxyl groups is 1. The minimum atomic E-state index is -1.54. The fraction of sp³-hybridized carbons (Fsp3) is 0.833. The van der Waals surface area contributed by atoms with Crippen LogP contribution in [-0.4, -0.2) is 73.7 Å². The first-order valence-corrected chi connectivity index (χ1v) is 5.97. The second-order valence-electron chi connectivity index (χ2n) is 4.71. The Morgan fingerprint density at radius 1 is 1.28 bits per heavy atom. The molecule has 0 bridgehead atoms. The van der Waals surface area contributed by atoms with Crippen molar-refractivity contribution in [3.8, 4) is 0 Å². The van der Waals surface area contributed by atoms with E-state index < -0.39 is 23.2 Å². The van der Waals surface area contributed by atoms with Crippen molar-refractivity contribution in [1.82, 2.24) is 4.90 Å². The topological polar surface area (TPSA) is 76.1 Å². The molecule has 0 aromatic heterocycles. The summed E-state index contributed by atoms with van der Waals surface area (Å²) in [4.78, 5) is 25.3. The summed E-state index contributed by atoms with van der Waals surface area (Å²) in [6.07, 6.45) is 0.137. The molecule has 0 saturated heterocycles. The Labute approximate surface area is 107 Å². The van der Waals surface area contributed by atoms with Gasteiger partial charge < -0.3 is 14.6 Å². The molecule has 1 fully saturated rings. The van der Waals surface area contributed by atoms with Gasteiger partial charge in [0.2, 0.25) is 11.6 Å². The van der Waals surface area contributed by atoms with E-state index in [2.05, 4.69) is 0 Å². The van der Waals surface area contributed by atoms with Crippen LogP contribution in [0.4, 0.5) is 0 Å². The summed E-state index contributed by atoms with van der Waals surface area (Å²) in [7, 11) is 3.15. The molecule has 1 rings (SSSR count). The maximum absolute atomic E-state index is 11.9. The fourth-order valence-electron chi connectivity index (χ4n) is 2.11. The van der Waals surface area contributed by atoms with Gasteiger partial charge in [-0.15, -0.1) is 0 Å². The summed E-state index contributed by atoms with van der Waals surface area (Å²) in [6.45, 7) is 3.37. The van der Waals surface area contributed by atoms with E-state index in [1.807, 2.05) is 4.90 Å². The maximum atomic E-state index is 11.9. The lowest BCUT2D eigenvalue weighted by Gasteiger charge is -2.27. The molecule has 0 aliphatic heterocycles. The van der Waals surface area contributed by atoms with Crippen molar-refractivity contribution in [1.29, 1.82) is 0 Å². The fourth-order valence-corrected chi connectivity index (χ4v) is 2.11. The number of Topliss-reactive ketones (excluding diaryl/α,β-unsaturated/α-hetero) is 2. The van der Waals surface area contributed by atoms with Crippen LogP contribution in [0, 0.1) is 0 Å². The van der Waals surface area contributed by atoms with Crippen molar-refractivity contribution in [3.05, 3.63) is 0 Å². The largest absolute Gasteiger partial charge is 0.383 e. The van der Waals surface area contributed by atoms with Gasteiger partial charge >= 0.3 is 0 Å². The number of hydrogen-bond acceptors (Lipinski definition) is 6. The first kappa shape index (κ1) is 15.2. The van der Waals surface area contributed by atoms with Crippen LogP contribution >= 0.6 is 0 Å². The molecule has 6 nitrogen and oxygen atoms in total. The van der Waals surface area contributed by atoms with Crippen LogP contribution in [0.25, 0.3) is 0 Å². The van der Waals surface area contributed by atoms with Crippen LogP contribution in [0.3, 0.4) is 0 Å². The molecule has 6 heteroatoms. The van der Waals surface area contributed by atoms with Crippen LogP contribution in [0.2, 0.25) is 0 Å². The molecule has 0 aromatic carbocycles. The second kappa shape index (κ2) is 6.38. The van der Waals surface area contributed by atoms with Gasteiger partial charge in [0.25, 0.3) is 0 Å². The highest BCUT2D eigenvalue weighted by molar-refractivity contribution is 6.44. The molecule has 0 spiro atoms. The Morgan fingerprint density at radius 2 is 1.78 bits per heavy atom. The monoisotopic (exact) mass is 259 g/mol. The van der Waals surface area contributed by atoms with E-state index >= 15 is 0 Å². The van der Waals surface area contributed by atoms with Crippen molar-refractivity contribution in [3.63, 3.8) is 0 Å². The highest BCUT2D eigenvalue weighted by Gasteiger charge is 2.50. The molecule has 18 heavy (non-hydrogen) atoms. The lowest BCUT2D eigenvalue weighted by Crippen LogP contribution is -2.43. The molecule has 2 unspecified atom stereocenters. The molecule has 104 valence electrons. The van der Waals surface area contributed by atoms with Crippen LogP contribution < -0.4 is 0 Å². The van der Waals surface area contributed by atoms with Crippen LogP contribution in [0.1, 0.15) is 13.3 Å². The third-order valence-electron chi connectivity index (χ3n) is 3.21. The Hall–Kier alpha value is -0.820. The normalized spacial score (nSPS) is 28.4. The standard InChI is InChI=1S/C12H21NO5/c1-12(16)8-9(10(14)11(12)15)13(4-6-17-2)5-7-18-3/h9,16H,4-8H2,1-3H3. The Balaban J connectivity index is 2.73. The molecular formula is C12H21NO5. The van der Waals surface area contributed by atoms with E-state index in [4.69, 9.17) is 9.47 Å². The minimum Gasteiger partial charge on any atom is -0.383 e. The first-order chi connectivity index (χ1) is 8.44. The molecule has 2 atom stereocenters. The summed E-state index contributed by atoms with van der Waals surface area (Å²) < 4.78 is 9.97. The number of nitrogens with zero attached hydrogens (tertiary/aromatic N) is 1. The van der Waals surface area contributed by atoms with Gasteiger partial charge in [0.05, 0.1) is 19.3 Å². The van der Waals surface area contributed by atoms with Gasteiger partial charge in [-0.1, -0.05) is 0 Å².